The van der Waals surface area contributed by atoms with Gasteiger partial charge in [0.2, 0.25) is 0 Å². The summed E-state index contributed by atoms with van der Waals surface area (Å²) >= 11 is 0. The molecule has 0 N–H and O–H groups in total. The average molecular weight is 290 g/mol. The molecule has 0 aliphatic carbocycles. The zero-order chi connectivity index (χ0) is 14.9. The molecule has 0 bridgehead atoms. The summed E-state index contributed by atoms with van der Waals surface area (Å²) in [6.45, 7) is 7.48. The van der Waals surface area contributed by atoms with Crippen LogP contribution in [0.5, 0.6) is 0 Å². The van der Waals surface area contributed by atoms with Gasteiger partial charge in [0.25, 0.3) is 0 Å². The maximum Gasteiger partial charge on any atom is 0.170 e. The number of piperidine rings is 1. The zero-order valence-electron chi connectivity index (χ0n) is 12.6. The van der Waals surface area contributed by atoms with Crippen LogP contribution < -0.4 is 0 Å². The first-order valence-electron chi connectivity index (χ1n) is 7.79. The molecule has 3 nitrogen and oxygen atoms in total. The van der Waals surface area contributed by atoms with E-state index >= 15 is 0 Å². The fourth-order valence-corrected chi connectivity index (χ4v) is 3.41. The van der Waals surface area contributed by atoms with Crippen LogP contribution in [0.2, 0.25) is 0 Å². The van der Waals surface area contributed by atoms with Gasteiger partial charge in [0.05, 0.1) is 32.4 Å². The third-order valence-corrected chi connectivity index (χ3v) is 4.83. The number of fused-ring (bicyclic) bond motifs is 1. The van der Waals surface area contributed by atoms with Crippen LogP contribution in [0.25, 0.3) is 11.0 Å². The van der Waals surface area contributed by atoms with E-state index in [1.165, 1.54) is 38.2 Å². The van der Waals surface area contributed by atoms with Gasteiger partial charge in [-0.25, -0.2) is 4.39 Å². The molecule has 0 amide bonds. The van der Waals surface area contributed by atoms with Crippen LogP contribution in [0, 0.1) is 12.7 Å². The number of aromatic nitrogens is 1. The lowest BCUT2D eigenvalue weighted by atomic mass is 9.90. The van der Waals surface area contributed by atoms with Crippen LogP contribution in [0.3, 0.4) is 0 Å². The van der Waals surface area contributed by atoms with Crippen molar-refractivity contribution < 1.29 is 13.4 Å². The summed E-state index contributed by atoms with van der Waals surface area (Å²) in [4.78, 5) is 0. The largest absolute Gasteiger partial charge is 0.356 e. The highest BCUT2D eigenvalue weighted by Gasteiger charge is 2.32. The van der Waals surface area contributed by atoms with Crippen LogP contribution in [-0.2, 0) is 0 Å². The first-order chi connectivity index (χ1) is 10.1. The Morgan fingerprint density at radius 1 is 1.38 bits per heavy atom. The molecule has 2 aromatic rings. The summed E-state index contributed by atoms with van der Waals surface area (Å²) in [5.41, 5.74) is 1.57. The van der Waals surface area contributed by atoms with Crippen LogP contribution in [-0.4, -0.2) is 36.3 Å². The van der Waals surface area contributed by atoms with Gasteiger partial charge in [0, 0.05) is 30.2 Å². The van der Waals surface area contributed by atoms with Gasteiger partial charge in [-0.15, -0.1) is 0 Å². The number of benzene rings is 1. The predicted molar refractivity (Wildman–Crippen MR) is 81.3 cm³/mol. The molecule has 113 valence electrons. The van der Waals surface area contributed by atoms with Crippen molar-refractivity contribution in [1.82, 2.24) is 5.16 Å². The highest BCUT2D eigenvalue weighted by molar-refractivity contribution is 5.79. The predicted octanol–water partition coefficient (Wildman–Crippen LogP) is 3.91. The molecule has 1 aromatic carbocycles. The van der Waals surface area contributed by atoms with E-state index in [4.69, 9.17) is 4.52 Å². The van der Waals surface area contributed by atoms with Gasteiger partial charge in [-0.3, -0.25) is 0 Å². The Kier molecular flexibility index (Phi) is 3.98. The number of unbranched alkanes of at least 4 members (excludes halogenated alkanes) is 1. The van der Waals surface area contributed by atoms with Crippen molar-refractivity contribution in [3.8, 4) is 0 Å². The van der Waals surface area contributed by atoms with E-state index in [1.54, 1.807) is 6.07 Å². The van der Waals surface area contributed by atoms with E-state index in [9.17, 15) is 4.39 Å². The highest BCUT2D eigenvalue weighted by Crippen LogP contribution is 2.34. The second-order valence-electron chi connectivity index (χ2n) is 6.48. The van der Waals surface area contributed by atoms with E-state index in [0.29, 0.717) is 11.5 Å². The lowest BCUT2D eigenvalue weighted by molar-refractivity contribution is -0.914. The topological polar surface area (TPSA) is 26.0 Å². The van der Waals surface area contributed by atoms with Crippen LogP contribution in [0.4, 0.5) is 4.39 Å². The highest BCUT2D eigenvalue weighted by atomic mass is 19.1. The molecule has 0 saturated carbocycles. The number of hydrogen-bond acceptors (Lipinski definition) is 2. The molecule has 1 aliphatic heterocycles. The summed E-state index contributed by atoms with van der Waals surface area (Å²) in [5, 5.41) is 5.18. The SMILES string of the molecule is [CH2]CCC[N+]1(C)CCC(c2noc3cc(F)ccc23)CC1. The molecule has 1 radical (unpaired) electrons. The second kappa shape index (κ2) is 5.76. The minimum atomic E-state index is -0.272. The minimum absolute atomic E-state index is 0.272. The Hall–Kier alpha value is -1.42. The Morgan fingerprint density at radius 2 is 2.14 bits per heavy atom. The number of rotatable bonds is 4. The van der Waals surface area contributed by atoms with E-state index in [-0.39, 0.29) is 5.82 Å². The molecule has 1 aromatic heterocycles. The van der Waals surface area contributed by atoms with Crippen molar-refractivity contribution in [2.45, 2.75) is 31.6 Å². The van der Waals surface area contributed by atoms with Gasteiger partial charge < -0.3 is 9.01 Å². The molecule has 3 rings (SSSR count). The molecule has 0 atom stereocenters. The average Bonchev–Trinajstić information content (AvgIpc) is 2.89. The molecule has 1 aliphatic rings. The van der Waals surface area contributed by atoms with Crippen LogP contribution >= 0.6 is 0 Å². The third kappa shape index (κ3) is 2.95. The Bertz CT molecular complexity index is 614. The van der Waals surface area contributed by atoms with Crippen molar-refractivity contribution in [1.29, 1.82) is 0 Å². The monoisotopic (exact) mass is 290 g/mol. The Balaban J connectivity index is 1.74. The summed E-state index contributed by atoms with van der Waals surface area (Å²) in [6.07, 6.45) is 4.43. The van der Waals surface area contributed by atoms with Crippen LogP contribution in [0.15, 0.2) is 22.7 Å². The summed E-state index contributed by atoms with van der Waals surface area (Å²) < 4.78 is 19.6. The number of hydrogen-bond donors (Lipinski definition) is 0. The van der Waals surface area contributed by atoms with Gasteiger partial charge >= 0.3 is 0 Å². The summed E-state index contributed by atoms with van der Waals surface area (Å²) in [6, 6.07) is 4.70. The first kappa shape index (κ1) is 14.5. The number of halogens is 1. The molecule has 0 spiro atoms. The van der Waals surface area contributed by atoms with Crippen molar-refractivity contribution in [2.75, 3.05) is 26.7 Å². The van der Waals surface area contributed by atoms with E-state index in [0.717, 1.165) is 34.8 Å². The van der Waals surface area contributed by atoms with Crippen molar-refractivity contribution in [3.63, 3.8) is 0 Å². The summed E-state index contributed by atoms with van der Waals surface area (Å²) in [5.74, 6) is 0.161. The fraction of sp³-hybridized carbons (Fsp3) is 0.529. The van der Waals surface area contributed by atoms with Gasteiger partial charge in [-0.05, 0) is 25.0 Å². The maximum atomic E-state index is 13.2. The molecular formula is C17H23FN2O+. The molecule has 21 heavy (non-hydrogen) atoms. The van der Waals surface area contributed by atoms with Crippen LogP contribution in [0.1, 0.15) is 37.3 Å². The first-order valence-corrected chi connectivity index (χ1v) is 7.79. The zero-order valence-corrected chi connectivity index (χ0v) is 12.6. The van der Waals surface area contributed by atoms with Gasteiger partial charge in [0.1, 0.15) is 5.82 Å². The quantitative estimate of drug-likeness (QED) is 0.798. The number of quaternary nitrogens is 1. The Labute approximate surface area is 125 Å². The van der Waals surface area contributed by atoms with Crippen molar-refractivity contribution >= 4 is 11.0 Å². The molecule has 2 heterocycles. The fourth-order valence-electron chi connectivity index (χ4n) is 3.41. The summed E-state index contributed by atoms with van der Waals surface area (Å²) in [7, 11) is 2.34. The minimum Gasteiger partial charge on any atom is -0.356 e. The smallest absolute Gasteiger partial charge is 0.170 e. The van der Waals surface area contributed by atoms with Gasteiger partial charge in [-0.2, -0.15) is 0 Å². The lowest BCUT2D eigenvalue weighted by Gasteiger charge is -2.40. The molecule has 1 saturated heterocycles. The Morgan fingerprint density at radius 3 is 2.86 bits per heavy atom. The van der Waals surface area contributed by atoms with Gasteiger partial charge in [0.15, 0.2) is 5.58 Å². The molecular weight excluding hydrogens is 267 g/mol. The normalized spacial score (nSPS) is 26.3. The molecule has 0 unspecified atom stereocenters. The van der Waals surface area contributed by atoms with E-state index in [2.05, 4.69) is 19.1 Å². The van der Waals surface area contributed by atoms with Crippen molar-refractivity contribution in [3.05, 3.63) is 36.6 Å². The molecule has 1 fully saturated rings. The number of likely N-dealkylation sites (tertiary alicyclic amines) is 1. The lowest BCUT2D eigenvalue weighted by Crippen LogP contribution is -2.49. The third-order valence-electron chi connectivity index (χ3n) is 4.83. The second-order valence-corrected chi connectivity index (χ2v) is 6.48. The molecule has 4 heteroatoms. The number of nitrogens with zero attached hydrogens (tertiary/aromatic N) is 2. The van der Waals surface area contributed by atoms with Gasteiger partial charge in [-0.1, -0.05) is 12.1 Å². The van der Waals surface area contributed by atoms with E-state index < -0.39 is 0 Å². The maximum absolute atomic E-state index is 13.2. The van der Waals surface area contributed by atoms with Crippen molar-refractivity contribution in [2.24, 2.45) is 0 Å². The van der Waals surface area contributed by atoms with E-state index in [1.807, 2.05) is 0 Å². The standard InChI is InChI=1S/C17H23FN2O/c1-3-4-9-20(2)10-7-13(8-11-20)17-15-6-5-14(18)12-16(15)21-19-17/h5-6,12-13H,1,3-4,7-11H2,2H3/q+1.